The Balaban J connectivity index is 2.74. The Labute approximate surface area is 103 Å². The molecule has 1 aromatic carbocycles. The topological polar surface area (TPSA) is 38.0 Å². The van der Waals surface area contributed by atoms with Crippen LogP contribution in [0, 0.1) is 11.8 Å². The van der Waals surface area contributed by atoms with Gasteiger partial charge in [-0.05, 0) is 29.9 Å². The van der Waals surface area contributed by atoms with Crippen LogP contribution in [0.3, 0.4) is 0 Å². The zero-order valence-electron chi connectivity index (χ0n) is 10.2. The number of halogens is 1. The molecule has 0 saturated heterocycles. The number of nitrogens with two attached hydrogens (primary N) is 1. The summed E-state index contributed by atoms with van der Waals surface area (Å²) < 4.78 is 0. The Hall–Kier alpha value is -0.570. The molecule has 2 nitrogen and oxygen atoms in total. The van der Waals surface area contributed by atoms with E-state index in [1.165, 1.54) is 0 Å². The Bertz CT molecular complexity index is 325. The zero-order valence-corrected chi connectivity index (χ0v) is 11.0. The highest BCUT2D eigenvalue weighted by atomic mass is 35.5. The number of nitrogens with one attached hydrogen (secondary N) is 1. The maximum absolute atomic E-state index is 6.14. The summed E-state index contributed by atoms with van der Waals surface area (Å²) in [6, 6.07) is 8.20. The van der Waals surface area contributed by atoms with Crippen LogP contribution in [0.25, 0.3) is 0 Å². The first-order valence-electron chi connectivity index (χ1n) is 5.75. The molecular weight excluding hydrogens is 220 g/mol. The Kier molecular flexibility index (Phi) is 5.26. The highest BCUT2D eigenvalue weighted by Gasteiger charge is 2.20. The maximum Gasteiger partial charge on any atom is 0.0438 e. The van der Waals surface area contributed by atoms with Gasteiger partial charge in [-0.2, -0.15) is 0 Å². The Morgan fingerprint density at radius 1 is 1.25 bits per heavy atom. The van der Waals surface area contributed by atoms with E-state index in [0.29, 0.717) is 11.8 Å². The minimum Gasteiger partial charge on any atom is -0.271 e. The molecule has 3 heteroatoms. The number of benzene rings is 1. The van der Waals surface area contributed by atoms with Gasteiger partial charge in [0.15, 0.2) is 0 Å². The summed E-state index contributed by atoms with van der Waals surface area (Å²) in [5.41, 5.74) is 4.05. The molecule has 90 valence electrons. The molecule has 0 heterocycles. The van der Waals surface area contributed by atoms with Gasteiger partial charge in [0.2, 0.25) is 0 Å². The van der Waals surface area contributed by atoms with Crippen LogP contribution < -0.4 is 11.3 Å². The predicted octanol–water partition coefficient (Wildman–Crippen LogP) is 3.01. The minimum atomic E-state index is 0.264. The van der Waals surface area contributed by atoms with Gasteiger partial charge in [-0.15, -0.1) is 0 Å². The number of hydrazine groups is 1. The van der Waals surface area contributed by atoms with Crippen molar-refractivity contribution >= 4 is 11.6 Å². The van der Waals surface area contributed by atoms with Crippen molar-refractivity contribution in [3.63, 3.8) is 0 Å². The van der Waals surface area contributed by atoms with Gasteiger partial charge in [0.05, 0.1) is 0 Å². The van der Waals surface area contributed by atoms with Crippen LogP contribution >= 0.6 is 11.6 Å². The van der Waals surface area contributed by atoms with E-state index in [1.54, 1.807) is 0 Å². The second-order valence-corrected chi connectivity index (χ2v) is 5.08. The molecule has 0 aliphatic carbocycles. The second-order valence-electron chi connectivity index (χ2n) is 4.67. The van der Waals surface area contributed by atoms with Crippen molar-refractivity contribution in [2.24, 2.45) is 17.7 Å². The highest BCUT2D eigenvalue weighted by Crippen LogP contribution is 2.22. The summed E-state index contributed by atoms with van der Waals surface area (Å²) >= 11 is 6.14. The van der Waals surface area contributed by atoms with Gasteiger partial charge in [-0.3, -0.25) is 11.3 Å². The fourth-order valence-electron chi connectivity index (χ4n) is 1.76. The van der Waals surface area contributed by atoms with E-state index in [0.717, 1.165) is 17.0 Å². The molecule has 0 fully saturated rings. The quantitative estimate of drug-likeness (QED) is 0.614. The van der Waals surface area contributed by atoms with E-state index in [4.69, 9.17) is 17.4 Å². The van der Waals surface area contributed by atoms with Crippen LogP contribution in [0.15, 0.2) is 24.3 Å². The van der Waals surface area contributed by atoms with E-state index in [2.05, 4.69) is 32.3 Å². The number of hydrogen-bond donors (Lipinski definition) is 2. The molecule has 2 unspecified atom stereocenters. The molecule has 0 amide bonds. The van der Waals surface area contributed by atoms with Crippen LogP contribution in [0.2, 0.25) is 5.02 Å². The van der Waals surface area contributed by atoms with Crippen LogP contribution in [-0.4, -0.2) is 6.04 Å². The van der Waals surface area contributed by atoms with Crippen LogP contribution in [-0.2, 0) is 6.42 Å². The molecule has 1 aromatic rings. The zero-order chi connectivity index (χ0) is 12.1. The molecule has 0 saturated carbocycles. The molecule has 2 atom stereocenters. The molecule has 0 aliphatic rings. The molecule has 0 bridgehead atoms. The van der Waals surface area contributed by atoms with Crippen molar-refractivity contribution in [3.05, 3.63) is 34.9 Å². The highest BCUT2D eigenvalue weighted by molar-refractivity contribution is 6.31. The SMILES string of the molecule is CC(C)C(C)C(Cc1ccccc1Cl)NN. The first-order valence-corrected chi connectivity index (χ1v) is 6.13. The normalized spacial score (nSPS) is 15.1. The van der Waals surface area contributed by atoms with E-state index in [-0.39, 0.29) is 6.04 Å². The van der Waals surface area contributed by atoms with Gasteiger partial charge >= 0.3 is 0 Å². The van der Waals surface area contributed by atoms with Crippen molar-refractivity contribution in [2.45, 2.75) is 33.2 Å². The number of rotatable bonds is 5. The molecule has 0 radical (unpaired) electrons. The van der Waals surface area contributed by atoms with Crippen LogP contribution in [0.4, 0.5) is 0 Å². The van der Waals surface area contributed by atoms with Crippen molar-refractivity contribution in [1.82, 2.24) is 5.43 Å². The molecule has 3 N–H and O–H groups in total. The van der Waals surface area contributed by atoms with E-state index in [9.17, 15) is 0 Å². The predicted molar refractivity (Wildman–Crippen MR) is 70.3 cm³/mol. The lowest BCUT2D eigenvalue weighted by Gasteiger charge is -2.26. The average Bonchev–Trinajstić information content (AvgIpc) is 2.27. The largest absolute Gasteiger partial charge is 0.271 e. The minimum absolute atomic E-state index is 0.264. The summed E-state index contributed by atoms with van der Waals surface area (Å²) in [7, 11) is 0. The van der Waals surface area contributed by atoms with Crippen molar-refractivity contribution in [1.29, 1.82) is 0 Å². The third kappa shape index (κ3) is 3.48. The van der Waals surface area contributed by atoms with Crippen LogP contribution in [0.1, 0.15) is 26.3 Å². The van der Waals surface area contributed by atoms with Gasteiger partial charge in [-0.25, -0.2) is 0 Å². The lowest BCUT2D eigenvalue weighted by atomic mass is 9.87. The lowest BCUT2D eigenvalue weighted by molar-refractivity contribution is 0.299. The summed E-state index contributed by atoms with van der Waals surface area (Å²) in [5.74, 6) is 6.73. The summed E-state index contributed by atoms with van der Waals surface area (Å²) in [6.07, 6.45) is 0.871. The van der Waals surface area contributed by atoms with Gasteiger partial charge in [0.1, 0.15) is 0 Å². The van der Waals surface area contributed by atoms with Gasteiger partial charge in [0.25, 0.3) is 0 Å². The van der Waals surface area contributed by atoms with E-state index >= 15 is 0 Å². The van der Waals surface area contributed by atoms with E-state index < -0.39 is 0 Å². The third-order valence-corrected chi connectivity index (χ3v) is 3.67. The van der Waals surface area contributed by atoms with Crippen molar-refractivity contribution in [3.8, 4) is 0 Å². The van der Waals surface area contributed by atoms with Gasteiger partial charge in [0, 0.05) is 11.1 Å². The first-order chi connectivity index (χ1) is 7.56. The van der Waals surface area contributed by atoms with Gasteiger partial charge in [-0.1, -0.05) is 50.6 Å². The monoisotopic (exact) mass is 240 g/mol. The summed E-state index contributed by atoms with van der Waals surface area (Å²) in [4.78, 5) is 0. The van der Waals surface area contributed by atoms with E-state index in [1.807, 2.05) is 18.2 Å². The standard InChI is InChI=1S/C13H21ClN2/c1-9(2)10(3)13(16-15)8-11-6-4-5-7-12(11)14/h4-7,9-10,13,16H,8,15H2,1-3H3. The average molecular weight is 241 g/mol. The maximum atomic E-state index is 6.14. The summed E-state index contributed by atoms with van der Waals surface area (Å²) in [6.45, 7) is 6.63. The fraction of sp³-hybridized carbons (Fsp3) is 0.538. The smallest absolute Gasteiger partial charge is 0.0438 e. The molecule has 0 aromatic heterocycles. The Morgan fingerprint density at radius 3 is 2.38 bits per heavy atom. The van der Waals surface area contributed by atoms with Gasteiger partial charge < -0.3 is 0 Å². The van der Waals surface area contributed by atoms with Crippen LogP contribution in [0.5, 0.6) is 0 Å². The third-order valence-electron chi connectivity index (χ3n) is 3.30. The fourth-order valence-corrected chi connectivity index (χ4v) is 1.97. The molecule has 0 aliphatic heterocycles. The summed E-state index contributed by atoms with van der Waals surface area (Å²) in [5, 5.41) is 0.818. The van der Waals surface area contributed by atoms with Crippen molar-refractivity contribution < 1.29 is 0 Å². The molecule has 0 spiro atoms. The lowest BCUT2D eigenvalue weighted by Crippen LogP contribution is -2.43. The van der Waals surface area contributed by atoms with Crippen molar-refractivity contribution in [2.75, 3.05) is 0 Å². The Morgan fingerprint density at radius 2 is 1.88 bits per heavy atom. The molecule has 16 heavy (non-hydrogen) atoms. The second kappa shape index (κ2) is 6.24. The number of hydrogen-bond acceptors (Lipinski definition) is 2. The molecular formula is C13H21ClN2. The molecule has 1 rings (SSSR count). The first kappa shape index (κ1) is 13.5.